The van der Waals surface area contributed by atoms with Crippen molar-refractivity contribution in [1.29, 1.82) is 0 Å². The van der Waals surface area contributed by atoms with Gasteiger partial charge in [-0.3, -0.25) is 0 Å². The summed E-state index contributed by atoms with van der Waals surface area (Å²) in [5.74, 6) is -2.71. The van der Waals surface area contributed by atoms with Crippen LogP contribution < -0.4 is 4.74 Å². The summed E-state index contributed by atoms with van der Waals surface area (Å²) in [6.07, 6.45) is 0. The Bertz CT molecular complexity index is 351. The first-order valence-corrected chi connectivity index (χ1v) is 3.52. The van der Waals surface area contributed by atoms with E-state index in [0.717, 1.165) is 12.1 Å². The van der Waals surface area contributed by atoms with Crippen molar-refractivity contribution in [2.75, 3.05) is 0 Å². The standard InChI is InChI=1S/C8H6F2O4/c9-8(10)14-5-3-1-2-4(11)6(5)7(12)13/h1-3,8,11H,(H,12,13). The van der Waals surface area contributed by atoms with Crippen LogP contribution in [-0.2, 0) is 0 Å². The van der Waals surface area contributed by atoms with Gasteiger partial charge >= 0.3 is 12.6 Å². The Hall–Kier alpha value is -1.85. The van der Waals surface area contributed by atoms with Crippen molar-refractivity contribution >= 4 is 5.97 Å². The van der Waals surface area contributed by atoms with E-state index in [2.05, 4.69) is 4.74 Å². The Kier molecular flexibility index (Phi) is 2.85. The second-order valence-electron chi connectivity index (χ2n) is 2.33. The number of aromatic hydroxyl groups is 1. The van der Waals surface area contributed by atoms with Crippen LogP contribution >= 0.6 is 0 Å². The number of aromatic carboxylic acids is 1. The maximum Gasteiger partial charge on any atom is 0.387 e. The number of benzene rings is 1. The van der Waals surface area contributed by atoms with E-state index in [1.807, 2.05) is 0 Å². The van der Waals surface area contributed by atoms with Crippen LogP contribution in [0.5, 0.6) is 11.5 Å². The zero-order chi connectivity index (χ0) is 10.7. The summed E-state index contributed by atoms with van der Waals surface area (Å²) in [5, 5.41) is 17.6. The van der Waals surface area contributed by atoms with Crippen molar-refractivity contribution in [3.8, 4) is 11.5 Å². The number of phenols is 1. The molecule has 2 N–H and O–H groups in total. The van der Waals surface area contributed by atoms with Gasteiger partial charge in [-0.05, 0) is 12.1 Å². The van der Waals surface area contributed by atoms with E-state index in [0.29, 0.717) is 0 Å². The van der Waals surface area contributed by atoms with E-state index in [1.54, 1.807) is 0 Å². The summed E-state index contributed by atoms with van der Waals surface area (Å²) in [6.45, 7) is -3.13. The average molecular weight is 204 g/mol. The lowest BCUT2D eigenvalue weighted by Crippen LogP contribution is -2.07. The number of alkyl halides is 2. The number of carbonyl (C=O) groups is 1. The molecule has 14 heavy (non-hydrogen) atoms. The minimum atomic E-state index is -3.13. The minimum absolute atomic E-state index is 0.562. The SMILES string of the molecule is O=C(O)c1c(O)cccc1OC(F)F. The van der Waals surface area contributed by atoms with E-state index in [1.165, 1.54) is 6.07 Å². The molecule has 0 aromatic heterocycles. The summed E-state index contributed by atoms with van der Waals surface area (Å²) in [7, 11) is 0. The lowest BCUT2D eigenvalue weighted by molar-refractivity contribution is -0.0504. The predicted octanol–water partition coefficient (Wildman–Crippen LogP) is 1.69. The normalized spacial score (nSPS) is 10.2. The molecule has 0 saturated carbocycles. The Morgan fingerprint density at radius 1 is 1.43 bits per heavy atom. The van der Waals surface area contributed by atoms with Gasteiger partial charge in [0.25, 0.3) is 0 Å². The third-order valence-corrected chi connectivity index (χ3v) is 1.43. The van der Waals surface area contributed by atoms with Gasteiger partial charge in [-0.25, -0.2) is 4.79 Å². The molecule has 0 bridgehead atoms. The molecule has 0 atom stereocenters. The van der Waals surface area contributed by atoms with Crippen molar-refractivity contribution in [3.05, 3.63) is 23.8 Å². The fraction of sp³-hybridized carbons (Fsp3) is 0.125. The first kappa shape index (κ1) is 10.2. The van der Waals surface area contributed by atoms with Crippen molar-refractivity contribution in [3.63, 3.8) is 0 Å². The van der Waals surface area contributed by atoms with E-state index < -0.39 is 29.6 Å². The van der Waals surface area contributed by atoms with E-state index in [9.17, 15) is 13.6 Å². The molecule has 1 aromatic carbocycles. The highest BCUT2D eigenvalue weighted by Gasteiger charge is 2.18. The molecule has 0 radical (unpaired) electrons. The third-order valence-electron chi connectivity index (χ3n) is 1.43. The molecular formula is C8H6F2O4. The van der Waals surface area contributed by atoms with E-state index in [-0.39, 0.29) is 0 Å². The summed E-state index contributed by atoms with van der Waals surface area (Å²) in [6, 6.07) is 3.32. The number of halogens is 2. The molecule has 6 heteroatoms. The summed E-state index contributed by atoms with van der Waals surface area (Å²) in [5.41, 5.74) is -0.673. The van der Waals surface area contributed by atoms with Gasteiger partial charge in [0.1, 0.15) is 17.1 Å². The highest BCUT2D eigenvalue weighted by Crippen LogP contribution is 2.28. The quantitative estimate of drug-likeness (QED) is 0.786. The number of carboxylic acid groups (broad SMARTS) is 1. The Labute approximate surface area is 77.4 Å². The molecular weight excluding hydrogens is 198 g/mol. The molecule has 0 heterocycles. The van der Waals surface area contributed by atoms with E-state index >= 15 is 0 Å². The van der Waals surface area contributed by atoms with Gasteiger partial charge < -0.3 is 14.9 Å². The number of hydrogen-bond acceptors (Lipinski definition) is 3. The fourth-order valence-corrected chi connectivity index (χ4v) is 0.929. The molecule has 0 spiro atoms. The lowest BCUT2D eigenvalue weighted by Gasteiger charge is -2.08. The zero-order valence-electron chi connectivity index (χ0n) is 6.78. The van der Waals surface area contributed by atoms with Gasteiger partial charge in [0.05, 0.1) is 0 Å². The van der Waals surface area contributed by atoms with Crippen LogP contribution in [0.4, 0.5) is 8.78 Å². The highest BCUT2D eigenvalue weighted by atomic mass is 19.3. The van der Waals surface area contributed by atoms with Gasteiger partial charge in [0.15, 0.2) is 0 Å². The molecule has 76 valence electrons. The van der Waals surface area contributed by atoms with Gasteiger partial charge in [0, 0.05) is 0 Å². The summed E-state index contributed by atoms with van der Waals surface area (Å²) in [4.78, 5) is 10.5. The number of ether oxygens (including phenoxy) is 1. The highest BCUT2D eigenvalue weighted by molar-refractivity contribution is 5.93. The maximum absolute atomic E-state index is 11.8. The lowest BCUT2D eigenvalue weighted by atomic mass is 10.2. The molecule has 0 amide bonds. The van der Waals surface area contributed by atoms with Crippen molar-refractivity contribution in [1.82, 2.24) is 0 Å². The predicted molar refractivity (Wildman–Crippen MR) is 41.7 cm³/mol. The molecule has 1 rings (SSSR count). The molecule has 1 aromatic rings. The second kappa shape index (κ2) is 3.91. The van der Waals surface area contributed by atoms with Crippen LogP contribution in [-0.4, -0.2) is 22.8 Å². The van der Waals surface area contributed by atoms with Crippen LogP contribution in [0.15, 0.2) is 18.2 Å². The van der Waals surface area contributed by atoms with Crippen molar-refractivity contribution in [2.24, 2.45) is 0 Å². The third kappa shape index (κ3) is 2.09. The van der Waals surface area contributed by atoms with Gasteiger partial charge in [0.2, 0.25) is 0 Å². The first-order chi connectivity index (χ1) is 6.52. The van der Waals surface area contributed by atoms with Crippen LogP contribution in [0.1, 0.15) is 10.4 Å². The Morgan fingerprint density at radius 2 is 2.07 bits per heavy atom. The molecule has 0 unspecified atom stereocenters. The molecule has 0 aliphatic heterocycles. The van der Waals surface area contributed by atoms with Crippen LogP contribution in [0.2, 0.25) is 0 Å². The summed E-state index contributed by atoms with van der Waals surface area (Å²) < 4.78 is 27.5. The van der Waals surface area contributed by atoms with Gasteiger partial charge in [-0.15, -0.1) is 0 Å². The topological polar surface area (TPSA) is 66.8 Å². The number of rotatable bonds is 3. The molecule has 0 aliphatic rings. The molecule has 0 aliphatic carbocycles. The summed E-state index contributed by atoms with van der Waals surface area (Å²) >= 11 is 0. The van der Waals surface area contributed by atoms with Crippen LogP contribution in [0, 0.1) is 0 Å². The first-order valence-electron chi connectivity index (χ1n) is 3.52. The molecule has 0 fully saturated rings. The van der Waals surface area contributed by atoms with Crippen molar-refractivity contribution in [2.45, 2.75) is 6.61 Å². The minimum Gasteiger partial charge on any atom is -0.507 e. The van der Waals surface area contributed by atoms with Crippen molar-refractivity contribution < 1.29 is 28.5 Å². The molecule has 4 nitrogen and oxygen atoms in total. The monoisotopic (exact) mass is 204 g/mol. The van der Waals surface area contributed by atoms with Crippen LogP contribution in [0.3, 0.4) is 0 Å². The zero-order valence-corrected chi connectivity index (χ0v) is 6.78. The fourth-order valence-electron chi connectivity index (χ4n) is 0.929. The van der Waals surface area contributed by atoms with E-state index in [4.69, 9.17) is 10.2 Å². The second-order valence-corrected chi connectivity index (χ2v) is 2.33. The maximum atomic E-state index is 11.8. The number of carboxylic acids is 1. The largest absolute Gasteiger partial charge is 0.507 e. The smallest absolute Gasteiger partial charge is 0.387 e. The number of hydrogen-bond donors (Lipinski definition) is 2. The van der Waals surface area contributed by atoms with Gasteiger partial charge in [-0.2, -0.15) is 8.78 Å². The Balaban J connectivity index is 3.14. The Morgan fingerprint density at radius 3 is 2.57 bits per heavy atom. The average Bonchev–Trinajstić information content (AvgIpc) is 2.01. The van der Waals surface area contributed by atoms with Crippen LogP contribution in [0.25, 0.3) is 0 Å². The van der Waals surface area contributed by atoms with Gasteiger partial charge in [-0.1, -0.05) is 6.07 Å². The molecule has 0 saturated heterocycles.